The molecule has 2 rings (SSSR count). The van der Waals surface area contributed by atoms with Gasteiger partial charge in [-0.15, -0.1) is 0 Å². The Hall–Kier alpha value is -1.29. The number of rotatable bonds is 2. The topological polar surface area (TPSA) is 56.0 Å². The third kappa shape index (κ3) is 1.45. The van der Waals surface area contributed by atoms with Crippen LogP contribution in [0.4, 0.5) is 4.39 Å². The van der Waals surface area contributed by atoms with Crippen molar-refractivity contribution in [1.29, 1.82) is 0 Å². The van der Waals surface area contributed by atoms with E-state index >= 15 is 0 Å². The molecular formula is C9H9FN2O. The summed E-state index contributed by atoms with van der Waals surface area (Å²) in [7, 11) is 0. The van der Waals surface area contributed by atoms with Crippen LogP contribution in [0.2, 0.25) is 0 Å². The molecule has 0 aliphatic heterocycles. The Kier molecular flexibility index (Phi) is 1.66. The molecule has 0 radical (unpaired) electrons. The second-order valence-electron chi connectivity index (χ2n) is 3.38. The highest BCUT2D eigenvalue weighted by atomic mass is 19.1. The summed E-state index contributed by atoms with van der Waals surface area (Å²) in [5.41, 5.74) is 5.20. The Bertz CT molecular complexity index is 360. The van der Waals surface area contributed by atoms with Crippen LogP contribution in [0.25, 0.3) is 0 Å². The second-order valence-corrected chi connectivity index (χ2v) is 3.38. The van der Waals surface area contributed by atoms with Crippen LogP contribution in [0.3, 0.4) is 0 Å². The number of carbonyl (C=O) groups is 1. The summed E-state index contributed by atoms with van der Waals surface area (Å²) < 4.78 is 12.7. The van der Waals surface area contributed by atoms with Crippen molar-refractivity contribution in [2.45, 2.75) is 18.4 Å². The number of nitrogens with two attached hydrogens (primary N) is 1. The van der Waals surface area contributed by atoms with Gasteiger partial charge in [-0.25, -0.2) is 4.39 Å². The van der Waals surface area contributed by atoms with Crippen molar-refractivity contribution in [3.05, 3.63) is 29.8 Å². The fourth-order valence-electron chi connectivity index (χ4n) is 1.19. The van der Waals surface area contributed by atoms with E-state index in [0.717, 1.165) is 6.20 Å². The summed E-state index contributed by atoms with van der Waals surface area (Å²) in [4.78, 5) is 15.1. The first-order valence-electron chi connectivity index (χ1n) is 4.06. The molecular weight excluding hydrogens is 171 g/mol. The molecule has 1 aromatic rings. The first kappa shape index (κ1) is 8.31. The fraction of sp³-hybridized carbons (Fsp3) is 0.333. The molecule has 1 aliphatic rings. The zero-order valence-corrected chi connectivity index (χ0v) is 6.96. The zero-order chi connectivity index (χ0) is 9.47. The predicted molar refractivity (Wildman–Crippen MR) is 44.7 cm³/mol. The quantitative estimate of drug-likeness (QED) is 0.688. The molecule has 68 valence electrons. The first-order chi connectivity index (χ1) is 6.12. The van der Waals surface area contributed by atoms with Crippen LogP contribution in [-0.2, 0) is 0 Å². The molecule has 1 fully saturated rings. The second kappa shape index (κ2) is 2.60. The predicted octanol–water partition coefficient (Wildman–Crippen LogP) is 0.895. The van der Waals surface area contributed by atoms with Gasteiger partial charge in [-0.2, -0.15) is 0 Å². The third-order valence-electron chi connectivity index (χ3n) is 2.21. The molecule has 0 aromatic carbocycles. The molecule has 13 heavy (non-hydrogen) atoms. The minimum Gasteiger partial charge on any atom is -0.319 e. The normalized spacial score (nSPS) is 18.3. The van der Waals surface area contributed by atoms with E-state index in [2.05, 4.69) is 4.98 Å². The van der Waals surface area contributed by atoms with Crippen molar-refractivity contribution in [1.82, 2.24) is 4.98 Å². The summed E-state index contributed by atoms with van der Waals surface area (Å²) in [6.07, 6.45) is 3.77. The maximum Gasteiger partial charge on any atom is 0.184 e. The summed E-state index contributed by atoms with van der Waals surface area (Å²) in [6, 6.07) is 1.17. The Morgan fingerprint density at radius 1 is 1.54 bits per heavy atom. The van der Waals surface area contributed by atoms with Gasteiger partial charge in [0, 0.05) is 11.8 Å². The number of aromatic nitrogens is 1. The largest absolute Gasteiger partial charge is 0.319 e. The summed E-state index contributed by atoms with van der Waals surface area (Å²) in [5.74, 6) is -0.713. The maximum absolute atomic E-state index is 12.7. The van der Waals surface area contributed by atoms with Crippen molar-refractivity contribution in [2.24, 2.45) is 5.73 Å². The Balaban J connectivity index is 2.30. The summed E-state index contributed by atoms with van der Waals surface area (Å²) in [6.45, 7) is 0. The smallest absolute Gasteiger partial charge is 0.184 e. The minimum absolute atomic E-state index is 0.209. The van der Waals surface area contributed by atoms with E-state index in [4.69, 9.17) is 5.73 Å². The molecule has 2 N–H and O–H groups in total. The van der Waals surface area contributed by atoms with Crippen LogP contribution < -0.4 is 5.73 Å². The van der Waals surface area contributed by atoms with Crippen LogP contribution in [0.1, 0.15) is 23.2 Å². The molecule has 1 aliphatic carbocycles. The van der Waals surface area contributed by atoms with Crippen LogP contribution in [0.15, 0.2) is 18.5 Å². The maximum atomic E-state index is 12.7. The highest BCUT2D eigenvalue weighted by Crippen LogP contribution is 2.35. The van der Waals surface area contributed by atoms with Crippen LogP contribution in [0, 0.1) is 5.82 Å². The minimum atomic E-state index is -0.741. The van der Waals surface area contributed by atoms with Gasteiger partial charge in [0.1, 0.15) is 5.82 Å². The van der Waals surface area contributed by atoms with Gasteiger partial charge in [0.2, 0.25) is 0 Å². The average Bonchev–Trinajstić information content (AvgIpc) is 2.84. The van der Waals surface area contributed by atoms with Gasteiger partial charge < -0.3 is 5.73 Å². The van der Waals surface area contributed by atoms with Crippen LogP contribution in [-0.4, -0.2) is 16.3 Å². The number of hydrogen-bond acceptors (Lipinski definition) is 3. The number of hydrogen-bond donors (Lipinski definition) is 1. The van der Waals surface area contributed by atoms with Crippen molar-refractivity contribution < 1.29 is 9.18 Å². The summed E-state index contributed by atoms with van der Waals surface area (Å²) in [5, 5.41) is 0. The lowest BCUT2D eigenvalue weighted by Crippen LogP contribution is -2.32. The van der Waals surface area contributed by atoms with Gasteiger partial charge in [0.25, 0.3) is 0 Å². The van der Waals surface area contributed by atoms with E-state index < -0.39 is 11.4 Å². The third-order valence-corrected chi connectivity index (χ3v) is 2.21. The van der Waals surface area contributed by atoms with Gasteiger partial charge in [-0.3, -0.25) is 9.78 Å². The van der Waals surface area contributed by atoms with Gasteiger partial charge in [-0.05, 0) is 18.9 Å². The molecule has 0 spiro atoms. The lowest BCUT2D eigenvalue weighted by molar-refractivity contribution is 0.0948. The SMILES string of the molecule is NC1(C(=O)c2cncc(F)c2)CC1. The number of nitrogens with zero attached hydrogens (tertiary/aromatic N) is 1. The number of carbonyl (C=O) groups excluding carboxylic acids is 1. The molecule has 0 saturated heterocycles. The Labute approximate surface area is 74.8 Å². The van der Waals surface area contributed by atoms with Gasteiger partial charge in [0.15, 0.2) is 5.78 Å². The summed E-state index contributed by atoms with van der Waals surface area (Å²) >= 11 is 0. The van der Waals surface area contributed by atoms with Crippen molar-refractivity contribution in [3.8, 4) is 0 Å². The highest BCUT2D eigenvalue weighted by Gasteiger charge is 2.46. The van der Waals surface area contributed by atoms with Crippen molar-refractivity contribution in [3.63, 3.8) is 0 Å². The number of pyridine rings is 1. The first-order valence-corrected chi connectivity index (χ1v) is 4.06. The molecule has 0 unspecified atom stereocenters. The lowest BCUT2D eigenvalue weighted by Gasteiger charge is -2.05. The Morgan fingerprint density at radius 2 is 2.23 bits per heavy atom. The van der Waals surface area contributed by atoms with E-state index in [1.54, 1.807) is 0 Å². The standard InChI is InChI=1S/C9H9FN2O/c10-7-3-6(4-12-5-7)8(13)9(11)1-2-9/h3-5H,1-2,11H2. The van der Waals surface area contributed by atoms with E-state index in [1.807, 2.05) is 0 Å². The molecule has 0 bridgehead atoms. The number of Topliss-reactive ketones (excluding diaryl/α,β-unsaturated/α-hetero) is 1. The van der Waals surface area contributed by atoms with E-state index in [1.165, 1.54) is 12.3 Å². The van der Waals surface area contributed by atoms with Gasteiger partial charge >= 0.3 is 0 Å². The molecule has 0 atom stereocenters. The molecule has 4 heteroatoms. The van der Waals surface area contributed by atoms with E-state index in [0.29, 0.717) is 12.8 Å². The van der Waals surface area contributed by atoms with Gasteiger partial charge in [-0.1, -0.05) is 0 Å². The highest BCUT2D eigenvalue weighted by molar-refractivity contribution is 6.04. The average molecular weight is 180 g/mol. The number of ketones is 1. The zero-order valence-electron chi connectivity index (χ0n) is 6.96. The number of halogens is 1. The molecule has 3 nitrogen and oxygen atoms in total. The molecule has 0 amide bonds. The van der Waals surface area contributed by atoms with Crippen LogP contribution in [0.5, 0.6) is 0 Å². The van der Waals surface area contributed by atoms with Crippen LogP contribution >= 0.6 is 0 Å². The van der Waals surface area contributed by atoms with E-state index in [-0.39, 0.29) is 11.3 Å². The molecule has 1 heterocycles. The molecule has 1 aromatic heterocycles. The van der Waals surface area contributed by atoms with E-state index in [9.17, 15) is 9.18 Å². The monoisotopic (exact) mass is 180 g/mol. The lowest BCUT2D eigenvalue weighted by atomic mass is 10.1. The fourth-order valence-corrected chi connectivity index (χ4v) is 1.19. The Morgan fingerprint density at radius 3 is 2.77 bits per heavy atom. The van der Waals surface area contributed by atoms with Gasteiger partial charge in [0.05, 0.1) is 11.7 Å². The molecule has 1 saturated carbocycles. The van der Waals surface area contributed by atoms with Crippen molar-refractivity contribution >= 4 is 5.78 Å². The van der Waals surface area contributed by atoms with Crippen molar-refractivity contribution in [2.75, 3.05) is 0 Å².